The number of ether oxygens (including phenoxy) is 3. The Hall–Kier alpha value is -5.19. The Labute approximate surface area is 539 Å². The van der Waals surface area contributed by atoms with Crippen LogP contribution in [0.3, 0.4) is 0 Å². The fourth-order valence-corrected chi connectivity index (χ4v) is 15.5. The van der Waals surface area contributed by atoms with E-state index in [0.717, 1.165) is 43.5 Å². The van der Waals surface area contributed by atoms with Crippen molar-refractivity contribution in [3.8, 4) is 0 Å². The summed E-state index contributed by atoms with van der Waals surface area (Å²) in [5, 5.41) is 24.4. The van der Waals surface area contributed by atoms with E-state index >= 15 is 19.2 Å². The molecule has 5 N–H and O–H groups in total. The van der Waals surface area contributed by atoms with Gasteiger partial charge < -0.3 is 40.0 Å². The van der Waals surface area contributed by atoms with Crippen molar-refractivity contribution in [2.45, 2.75) is 259 Å². The molecule has 0 saturated heterocycles. The Balaban J connectivity index is 2.09. The summed E-state index contributed by atoms with van der Waals surface area (Å²) in [5.74, 6) is -4.27. The minimum absolute atomic E-state index is 0.00380. The standard InChI is InChI=1S/C72H116N4O12S/c1-24-53(79)86-33-29-31-71(25-2,26-3)65(84)75-60-56(63(82)87-58-45(67(12,13)14)35-43(10)36-46(58)68(15,16)17)54(41(6)7)49(73-60)39-50-55(42(8)9)57(64(83)88-59-47(69(18,19)20)37-44(11)38-48(59)70(21,22)23)61(74-50)76-66(85)72(27-4,28-5)32-30-34-89-51(62(80)81)40-52(77)78/h24,39,41-48,51,58-59,74H,1,25-38,40H2,2-23H3,(H,76,85)(H,77,78)(H,80,81)(H,73,75,84). The van der Waals surface area contributed by atoms with Gasteiger partial charge in [-0.25, -0.2) is 19.4 Å². The average molecular weight is 1260 g/mol. The lowest BCUT2D eigenvalue weighted by Crippen LogP contribution is -2.50. The molecule has 1 aromatic heterocycles. The number of amides is 2. The molecule has 0 bridgehead atoms. The number of hydrogen-bond acceptors (Lipinski definition) is 12. The first kappa shape index (κ1) is 76.3. The van der Waals surface area contributed by atoms with E-state index in [1.54, 1.807) is 6.08 Å². The molecule has 5 atom stereocenters. The molecule has 2 saturated carbocycles. The summed E-state index contributed by atoms with van der Waals surface area (Å²) in [6.45, 7) is 50.1. The van der Waals surface area contributed by atoms with Gasteiger partial charge in [0.25, 0.3) is 0 Å². The summed E-state index contributed by atoms with van der Waals surface area (Å²) in [4.78, 5) is 106. The molecule has 4 rings (SSSR count). The smallest absolute Gasteiger partial charge is 0.342 e. The predicted molar refractivity (Wildman–Crippen MR) is 358 cm³/mol. The van der Waals surface area contributed by atoms with Crippen molar-refractivity contribution in [3.05, 3.63) is 46.3 Å². The van der Waals surface area contributed by atoms with Crippen molar-refractivity contribution >= 4 is 71.2 Å². The van der Waals surface area contributed by atoms with Gasteiger partial charge in [-0.05, 0) is 145 Å². The number of aromatic nitrogens is 1. The topological polar surface area (TPSA) is 240 Å². The first-order valence-corrected chi connectivity index (χ1v) is 34.3. The van der Waals surface area contributed by atoms with Crippen LogP contribution in [0.25, 0.3) is 6.08 Å². The molecule has 0 spiro atoms. The highest BCUT2D eigenvalue weighted by Crippen LogP contribution is 2.53. The number of aromatic amines is 1. The van der Waals surface area contributed by atoms with Crippen LogP contribution in [0, 0.1) is 73.9 Å². The molecule has 17 heteroatoms. The normalized spacial score (nSPS) is 23.1. The number of nitrogens with zero attached hydrogens (tertiary/aromatic N) is 1. The molecule has 502 valence electrons. The third kappa shape index (κ3) is 19.0. The van der Waals surface area contributed by atoms with E-state index in [9.17, 15) is 24.6 Å². The fourth-order valence-electron chi connectivity index (χ4n) is 14.5. The molecule has 2 fully saturated rings. The first-order valence-electron chi connectivity index (χ1n) is 33.3. The number of nitrogens with one attached hydrogen (secondary N) is 3. The van der Waals surface area contributed by atoms with Crippen LogP contribution in [0.5, 0.6) is 0 Å². The first-order chi connectivity index (χ1) is 41.1. The Morgan fingerprint density at radius 2 is 1.10 bits per heavy atom. The number of esters is 3. The maximum atomic E-state index is 15.8. The van der Waals surface area contributed by atoms with E-state index in [1.807, 2.05) is 55.4 Å². The summed E-state index contributed by atoms with van der Waals surface area (Å²) < 4.78 is 19.3. The van der Waals surface area contributed by atoms with Gasteiger partial charge in [0.2, 0.25) is 11.8 Å². The molecule has 89 heavy (non-hydrogen) atoms. The Morgan fingerprint density at radius 1 is 0.663 bits per heavy atom. The quantitative estimate of drug-likeness (QED) is 0.0239. The lowest BCUT2D eigenvalue weighted by atomic mass is 9.59. The number of carbonyl (C=O) groups excluding carboxylic acids is 5. The molecule has 0 aromatic carbocycles. The fraction of sp³-hybridized carbons (Fsp3) is 0.750. The Kier molecular flexibility index (Phi) is 26.5. The number of rotatable bonds is 27. The number of allylic oxidation sites excluding steroid dienone is 1. The number of carboxylic acid groups (broad SMARTS) is 2. The molecule has 1 aliphatic heterocycles. The molecule has 0 radical (unpaired) electrons. The zero-order valence-corrected chi connectivity index (χ0v) is 59.5. The number of carbonyl (C=O) groups is 7. The number of thioether (sulfide) groups is 1. The molecular weight excluding hydrogens is 1140 g/mol. The van der Waals surface area contributed by atoms with Gasteiger partial charge in [-0.3, -0.25) is 19.2 Å². The lowest BCUT2D eigenvalue weighted by molar-refractivity contribution is -0.164. The second-order valence-electron chi connectivity index (χ2n) is 31.3. The van der Waals surface area contributed by atoms with E-state index in [0.29, 0.717) is 91.5 Å². The monoisotopic (exact) mass is 1260 g/mol. The van der Waals surface area contributed by atoms with Gasteiger partial charge in [-0.15, -0.1) is 11.8 Å². The van der Waals surface area contributed by atoms with Crippen molar-refractivity contribution in [1.82, 2.24) is 10.3 Å². The summed E-state index contributed by atoms with van der Waals surface area (Å²) in [5.41, 5.74) is -0.641. The van der Waals surface area contributed by atoms with Gasteiger partial charge in [-0.2, -0.15) is 0 Å². The average Bonchev–Trinajstić information content (AvgIpc) is 2.44. The van der Waals surface area contributed by atoms with Gasteiger partial charge in [-0.1, -0.05) is 159 Å². The Bertz CT molecular complexity index is 2740. The number of anilines is 1. The minimum Gasteiger partial charge on any atom is -0.481 e. The molecule has 3 aliphatic rings. The maximum absolute atomic E-state index is 15.8. The number of aliphatic imine (C=N–C) groups is 1. The van der Waals surface area contributed by atoms with E-state index in [2.05, 4.69) is 119 Å². The van der Waals surface area contributed by atoms with Crippen LogP contribution in [0.15, 0.2) is 34.5 Å². The van der Waals surface area contributed by atoms with Crippen molar-refractivity contribution < 1.29 is 58.0 Å². The maximum Gasteiger partial charge on any atom is 0.342 e. The highest BCUT2D eigenvalue weighted by molar-refractivity contribution is 8.00. The van der Waals surface area contributed by atoms with Crippen LogP contribution in [-0.4, -0.2) is 92.5 Å². The number of amidine groups is 1. The number of carboxylic acids is 2. The van der Waals surface area contributed by atoms with Gasteiger partial charge in [0.05, 0.1) is 18.7 Å². The number of H-pyrrole nitrogens is 1. The summed E-state index contributed by atoms with van der Waals surface area (Å²) in [7, 11) is 0. The molecular formula is C72H116N4O12S. The Morgan fingerprint density at radius 3 is 1.49 bits per heavy atom. The van der Waals surface area contributed by atoms with Crippen LogP contribution in [0.1, 0.15) is 263 Å². The van der Waals surface area contributed by atoms with Gasteiger partial charge >= 0.3 is 29.8 Å². The van der Waals surface area contributed by atoms with Gasteiger partial charge in [0.15, 0.2) is 0 Å². The third-order valence-electron chi connectivity index (χ3n) is 20.2. The van der Waals surface area contributed by atoms with Crippen molar-refractivity contribution in [2.75, 3.05) is 17.7 Å². The molecule has 2 amide bonds. The highest BCUT2D eigenvalue weighted by Gasteiger charge is 2.51. The number of hydrogen-bond donors (Lipinski definition) is 5. The van der Waals surface area contributed by atoms with Crippen LogP contribution in [-0.2, 0) is 43.0 Å². The van der Waals surface area contributed by atoms with Crippen molar-refractivity contribution in [2.24, 2.45) is 78.9 Å². The van der Waals surface area contributed by atoms with E-state index in [4.69, 9.17) is 19.2 Å². The van der Waals surface area contributed by atoms with Crippen LogP contribution in [0.4, 0.5) is 5.82 Å². The molecule has 5 unspecified atom stereocenters. The number of aliphatic carboxylic acids is 2. The minimum atomic E-state index is -1.21. The summed E-state index contributed by atoms with van der Waals surface area (Å²) in [6, 6.07) is 0. The third-order valence-corrected chi connectivity index (χ3v) is 21.5. The molecule has 2 heterocycles. The second kappa shape index (κ2) is 31.0. The van der Waals surface area contributed by atoms with Gasteiger partial charge in [0, 0.05) is 46.3 Å². The van der Waals surface area contributed by atoms with Gasteiger partial charge in [0.1, 0.15) is 40.2 Å². The predicted octanol–water partition coefficient (Wildman–Crippen LogP) is 16.4. The SMILES string of the molecule is C=CC(=O)OCCCC(CC)(CC)C(=O)NC1=NC(=Cc2[nH]c(NC(=O)C(CC)(CC)CCCSC(CC(=O)O)C(=O)O)c(C(=O)OC3C(C(C)(C)C)CC(C)CC3C(C)(C)C)c2C(C)C)C(C(C)C)=C1C(=O)OC1C(C(C)(C)C)CC(C)CC1C(C)(C)C. The van der Waals surface area contributed by atoms with Crippen LogP contribution >= 0.6 is 11.8 Å². The van der Waals surface area contributed by atoms with Crippen molar-refractivity contribution in [3.63, 3.8) is 0 Å². The molecule has 16 nitrogen and oxygen atoms in total. The summed E-state index contributed by atoms with van der Waals surface area (Å²) >= 11 is 1.04. The van der Waals surface area contributed by atoms with E-state index in [-0.39, 0.29) is 98.4 Å². The van der Waals surface area contributed by atoms with Crippen LogP contribution < -0.4 is 10.6 Å². The zero-order valence-electron chi connectivity index (χ0n) is 58.7. The van der Waals surface area contributed by atoms with E-state index in [1.165, 1.54) is 0 Å². The summed E-state index contributed by atoms with van der Waals surface area (Å²) in [6.07, 6.45) is 8.13. The van der Waals surface area contributed by atoms with E-state index < -0.39 is 64.6 Å². The largest absolute Gasteiger partial charge is 0.481 e. The zero-order chi connectivity index (χ0) is 67.7. The lowest BCUT2D eigenvalue weighted by Gasteiger charge is -2.50. The molecule has 2 aliphatic carbocycles. The van der Waals surface area contributed by atoms with Crippen molar-refractivity contribution in [1.29, 1.82) is 0 Å². The molecule has 1 aromatic rings. The van der Waals surface area contributed by atoms with Crippen LogP contribution in [0.2, 0.25) is 0 Å². The second-order valence-corrected chi connectivity index (χ2v) is 32.6. The highest BCUT2D eigenvalue weighted by atomic mass is 32.2.